The van der Waals surface area contributed by atoms with Crippen molar-refractivity contribution in [3.05, 3.63) is 24.5 Å². The normalized spacial score (nSPS) is 16.8. The molecule has 9 heteroatoms. The van der Waals surface area contributed by atoms with Gasteiger partial charge >= 0.3 is 0 Å². The standard InChI is InChI=1S/C18H28N6O2.HI/c1-13(2)24-16(26)11-23(12-18(24,3)4)17(19-5)21-10-15(25)22-14-7-6-8-20-9-14;/h6-9,13H,10-12H2,1-5H3,(H,19,21)(H,22,25);1H. The van der Waals surface area contributed by atoms with Crippen molar-refractivity contribution in [1.82, 2.24) is 20.1 Å². The van der Waals surface area contributed by atoms with Crippen LogP contribution in [0.2, 0.25) is 0 Å². The Balaban J connectivity index is 0.00000364. The number of piperazine rings is 1. The van der Waals surface area contributed by atoms with E-state index in [1.807, 2.05) is 37.5 Å². The summed E-state index contributed by atoms with van der Waals surface area (Å²) in [5.74, 6) is 0.390. The molecule has 0 bridgehead atoms. The van der Waals surface area contributed by atoms with Crippen LogP contribution in [-0.4, -0.2) is 70.8 Å². The first kappa shape index (κ1) is 23.1. The lowest BCUT2D eigenvalue weighted by atomic mass is 9.96. The first-order chi connectivity index (χ1) is 12.2. The van der Waals surface area contributed by atoms with Gasteiger partial charge in [0.2, 0.25) is 11.8 Å². The Bertz CT molecular complexity index is 678. The topological polar surface area (TPSA) is 89.9 Å². The fourth-order valence-electron chi connectivity index (χ4n) is 3.45. The molecular formula is C18H29IN6O2. The van der Waals surface area contributed by atoms with Gasteiger partial charge < -0.3 is 20.4 Å². The molecule has 0 spiro atoms. The van der Waals surface area contributed by atoms with Gasteiger partial charge in [-0.05, 0) is 39.8 Å². The molecule has 0 atom stereocenters. The van der Waals surface area contributed by atoms with Crippen LogP contribution in [-0.2, 0) is 9.59 Å². The van der Waals surface area contributed by atoms with Gasteiger partial charge in [0, 0.05) is 25.8 Å². The van der Waals surface area contributed by atoms with Crippen LogP contribution >= 0.6 is 24.0 Å². The van der Waals surface area contributed by atoms with Gasteiger partial charge in [0.25, 0.3) is 0 Å². The zero-order valence-electron chi connectivity index (χ0n) is 16.5. The Labute approximate surface area is 177 Å². The second-order valence-corrected chi connectivity index (χ2v) is 7.22. The van der Waals surface area contributed by atoms with Gasteiger partial charge in [-0.25, -0.2) is 0 Å². The SMILES string of the molecule is CN=C(NCC(=O)Nc1cccnc1)N1CC(=O)N(C(C)C)C(C)(C)C1.I. The van der Waals surface area contributed by atoms with Crippen molar-refractivity contribution in [2.24, 2.45) is 4.99 Å². The van der Waals surface area contributed by atoms with Crippen LogP contribution in [0.5, 0.6) is 0 Å². The highest BCUT2D eigenvalue weighted by Gasteiger charge is 2.40. The molecule has 1 saturated heterocycles. The molecule has 0 radical (unpaired) electrons. The van der Waals surface area contributed by atoms with Crippen molar-refractivity contribution in [3.8, 4) is 0 Å². The third-order valence-corrected chi connectivity index (χ3v) is 4.20. The van der Waals surface area contributed by atoms with Gasteiger partial charge in [-0.2, -0.15) is 0 Å². The van der Waals surface area contributed by atoms with E-state index in [4.69, 9.17) is 0 Å². The fourth-order valence-corrected chi connectivity index (χ4v) is 3.45. The largest absolute Gasteiger partial charge is 0.347 e. The summed E-state index contributed by atoms with van der Waals surface area (Å²) in [6.45, 7) is 9.06. The minimum Gasteiger partial charge on any atom is -0.347 e. The van der Waals surface area contributed by atoms with E-state index in [-0.39, 0.29) is 60.5 Å². The molecule has 8 nitrogen and oxygen atoms in total. The molecule has 1 fully saturated rings. The van der Waals surface area contributed by atoms with Gasteiger partial charge in [0.1, 0.15) is 0 Å². The lowest BCUT2D eigenvalue weighted by Gasteiger charge is -2.49. The zero-order chi connectivity index (χ0) is 19.3. The highest BCUT2D eigenvalue weighted by molar-refractivity contribution is 14.0. The molecule has 1 aliphatic rings. The van der Waals surface area contributed by atoms with E-state index in [1.54, 1.807) is 31.6 Å². The minimum atomic E-state index is -0.320. The lowest BCUT2D eigenvalue weighted by Crippen LogP contribution is -2.66. The number of nitrogens with one attached hydrogen (secondary N) is 2. The zero-order valence-corrected chi connectivity index (χ0v) is 18.9. The number of guanidine groups is 1. The van der Waals surface area contributed by atoms with E-state index in [2.05, 4.69) is 20.6 Å². The van der Waals surface area contributed by atoms with Crippen LogP contribution in [0, 0.1) is 0 Å². The van der Waals surface area contributed by atoms with Gasteiger partial charge in [-0.3, -0.25) is 19.6 Å². The summed E-state index contributed by atoms with van der Waals surface area (Å²) in [5.41, 5.74) is 0.315. The number of aliphatic imine (C=N–C) groups is 1. The summed E-state index contributed by atoms with van der Waals surface area (Å²) in [4.78, 5) is 36.7. The maximum absolute atomic E-state index is 12.6. The summed E-state index contributed by atoms with van der Waals surface area (Å²) < 4.78 is 0. The predicted molar refractivity (Wildman–Crippen MR) is 117 cm³/mol. The Kier molecular flexibility index (Phi) is 8.45. The molecule has 2 N–H and O–H groups in total. The quantitative estimate of drug-likeness (QED) is 0.382. The van der Waals surface area contributed by atoms with Gasteiger partial charge in [-0.1, -0.05) is 0 Å². The van der Waals surface area contributed by atoms with Crippen molar-refractivity contribution in [3.63, 3.8) is 0 Å². The number of amides is 2. The number of aromatic nitrogens is 1. The van der Waals surface area contributed by atoms with Gasteiger partial charge in [0.15, 0.2) is 5.96 Å². The van der Waals surface area contributed by atoms with Gasteiger partial charge in [-0.15, -0.1) is 24.0 Å². The lowest BCUT2D eigenvalue weighted by molar-refractivity contribution is -0.145. The number of hydrogen-bond donors (Lipinski definition) is 2. The number of carbonyl (C=O) groups excluding carboxylic acids is 2. The van der Waals surface area contributed by atoms with Crippen molar-refractivity contribution >= 4 is 47.4 Å². The van der Waals surface area contributed by atoms with Crippen LogP contribution in [0.3, 0.4) is 0 Å². The summed E-state index contributed by atoms with van der Waals surface area (Å²) >= 11 is 0. The summed E-state index contributed by atoms with van der Waals surface area (Å²) in [5, 5.41) is 5.79. The van der Waals surface area contributed by atoms with Crippen molar-refractivity contribution in [2.45, 2.75) is 39.3 Å². The average Bonchev–Trinajstić information content (AvgIpc) is 2.54. The van der Waals surface area contributed by atoms with Crippen molar-refractivity contribution in [2.75, 3.05) is 32.0 Å². The molecule has 0 saturated carbocycles. The molecule has 0 aromatic carbocycles. The highest BCUT2D eigenvalue weighted by Crippen LogP contribution is 2.24. The first-order valence-electron chi connectivity index (χ1n) is 8.72. The monoisotopic (exact) mass is 488 g/mol. The molecule has 1 aromatic rings. The third-order valence-electron chi connectivity index (χ3n) is 4.20. The van der Waals surface area contributed by atoms with Crippen molar-refractivity contribution < 1.29 is 9.59 Å². The number of pyridine rings is 1. The van der Waals surface area contributed by atoms with Crippen LogP contribution < -0.4 is 10.6 Å². The minimum absolute atomic E-state index is 0. The van der Waals surface area contributed by atoms with E-state index in [1.165, 1.54) is 0 Å². The number of carbonyl (C=O) groups is 2. The Hall–Kier alpha value is -1.91. The first-order valence-corrected chi connectivity index (χ1v) is 8.72. The van der Waals surface area contributed by atoms with Crippen LogP contribution in [0.25, 0.3) is 0 Å². The van der Waals surface area contributed by atoms with Gasteiger partial charge in [0.05, 0.1) is 30.5 Å². The predicted octanol–water partition coefficient (Wildman–Crippen LogP) is 1.54. The second kappa shape index (κ2) is 9.86. The van der Waals surface area contributed by atoms with Crippen LogP contribution in [0.4, 0.5) is 5.69 Å². The average molecular weight is 488 g/mol. The maximum atomic E-state index is 12.6. The molecule has 2 rings (SSSR count). The van der Waals surface area contributed by atoms with Crippen LogP contribution in [0.15, 0.2) is 29.5 Å². The van der Waals surface area contributed by atoms with E-state index in [0.717, 1.165) is 0 Å². The number of anilines is 1. The Morgan fingerprint density at radius 1 is 1.41 bits per heavy atom. The number of hydrogen-bond acceptors (Lipinski definition) is 4. The number of rotatable bonds is 4. The fraction of sp³-hybridized carbons (Fsp3) is 0.556. The summed E-state index contributed by atoms with van der Waals surface area (Å²) in [6.07, 6.45) is 3.23. The molecule has 0 unspecified atom stereocenters. The van der Waals surface area contributed by atoms with Crippen molar-refractivity contribution in [1.29, 1.82) is 0 Å². The van der Waals surface area contributed by atoms with Crippen LogP contribution in [0.1, 0.15) is 27.7 Å². The Morgan fingerprint density at radius 3 is 2.63 bits per heavy atom. The Morgan fingerprint density at radius 2 is 2.11 bits per heavy atom. The molecule has 150 valence electrons. The third kappa shape index (κ3) is 6.05. The molecule has 1 aliphatic heterocycles. The molecule has 2 amide bonds. The smallest absolute Gasteiger partial charge is 0.243 e. The van der Waals surface area contributed by atoms with E-state index in [0.29, 0.717) is 18.2 Å². The maximum Gasteiger partial charge on any atom is 0.243 e. The highest BCUT2D eigenvalue weighted by atomic mass is 127. The second-order valence-electron chi connectivity index (χ2n) is 7.22. The van der Waals surface area contributed by atoms with E-state index < -0.39 is 0 Å². The number of nitrogens with zero attached hydrogens (tertiary/aromatic N) is 4. The summed E-state index contributed by atoms with van der Waals surface area (Å²) in [7, 11) is 1.65. The molecule has 1 aromatic heterocycles. The summed E-state index contributed by atoms with van der Waals surface area (Å²) in [6, 6.07) is 3.66. The molecule has 27 heavy (non-hydrogen) atoms. The van der Waals surface area contributed by atoms with E-state index in [9.17, 15) is 9.59 Å². The molecule has 0 aliphatic carbocycles. The molecule has 2 heterocycles. The number of halogens is 1. The van der Waals surface area contributed by atoms with E-state index >= 15 is 0 Å². The molecular weight excluding hydrogens is 459 g/mol.